The van der Waals surface area contributed by atoms with Crippen molar-refractivity contribution in [3.63, 3.8) is 0 Å². The molecule has 1 aromatic rings. The lowest BCUT2D eigenvalue weighted by atomic mass is 10.2. The van der Waals surface area contributed by atoms with Gasteiger partial charge in [0.25, 0.3) is 0 Å². The van der Waals surface area contributed by atoms with Crippen LogP contribution in [0.2, 0.25) is 0 Å². The first-order chi connectivity index (χ1) is 7.65. The Balaban J connectivity index is 1.92. The third kappa shape index (κ3) is 1.38. The summed E-state index contributed by atoms with van der Waals surface area (Å²) in [5.41, 5.74) is 7.80. The number of anilines is 2. The molecule has 2 unspecified atom stereocenters. The largest absolute Gasteiger partial charge is 0.394 e. The molecule has 2 saturated heterocycles. The molecule has 2 fully saturated rings. The van der Waals surface area contributed by atoms with Gasteiger partial charge in [-0.1, -0.05) is 0 Å². The van der Waals surface area contributed by atoms with E-state index in [-0.39, 0.29) is 0 Å². The van der Waals surface area contributed by atoms with Crippen molar-refractivity contribution in [3.05, 3.63) is 5.69 Å². The molecule has 0 aromatic carbocycles. The molecule has 16 heavy (non-hydrogen) atoms. The summed E-state index contributed by atoms with van der Waals surface area (Å²) in [5.74, 6) is 1.05. The highest BCUT2D eigenvalue weighted by atomic mass is 16.5. The summed E-state index contributed by atoms with van der Waals surface area (Å²) in [6, 6.07) is 0. The van der Waals surface area contributed by atoms with Crippen molar-refractivity contribution in [1.82, 2.24) is 9.78 Å². The highest BCUT2D eigenvalue weighted by molar-refractivity contribution is 5.66. The highest BCUT2D eigenvalue weighted by Gasteiger charge is 2.35. The van der Waals surface area contributed by atoms with Crippen molar-refractivity contribution in [2.75, 3.05) is 23.7 Å². The van der Waals surface area contributed by atoms with Gasteiger partial charge in [-0.3, -0.25) is 4.68 Å². The number of hydrogen-bond acceptors (Lipinski definition) is 4. The van der Waals surface area contributed by atoms with E-state index in [1.54, 1.807) is 0 Å². The van der Waals surface area contributed by atoms with Gasteiger partial charge in [0.05, 0.1) is 23.6 Å². The molecule has 2 N–H and O–H groups in total. The fraction of sp³-hybridized carbons (Fsp3) is 0.727. The van der Waals surface area contributed by atoms with E-state index in [4.69, 9.17) is 10.5 Å². The van der Waals surface area contributed by atoms with Crippen molar-refractivity contribution in [2.24, 2.45) is 7.05 Å². The summed E-state index contributed by atoms with van der Waals surface area (Å²) >= 11 is 0. The fourth-order valence-corrected chi connectivity index (χ4v) is 2.83. The van der Waals surface area contributed by atoms with Gasteiger partial charge in [0.15, 0.2) is 5.82 Å². The molecule has 2 bridgehead atoms. The molecule has 5 nitrogen and oxygen atoms in total. The quantitative estimate of drug-likeness (QED) is 0.759. The monoisotopic (exact) mass is 222 g/mol. The number of rotatable bonds is 1. The third-order valence-electron chi connectivity index (χ3n) is 3.58. The lowest BCUT2D eigenvalue weighted by Gasteiger charge is -2.33. The molecule has 5 heteroatoms. The van der Waals surface area contributed by atoms with Gasteiger partial charge in [-0.2, -0.15) is 5.10 Å². The van der Waals surface area contributed by atoms with Crippen LogP contribution in [0, 0.1) is 6.92 Å². The van der Waals surface area contributed by atoms with Crippen molar-refractivity contribution in [3.8, 4) is 0 Å². The first kappa shape index (κ1) is 9.96. The van der Waals surface area contributed by atoms with E-state index in [0.29, 0.717) is 12.2 Å². The smallest absolute Gasteiger partial charge is 0.150 e. The van der Waals surface area contributed by atoms with Crippen molar-refractivity contribution >= 4 is 11.5 Å². The average molecular weight is 222 g/mol. The summed E-state index contributed by atoms with van der Waals surface area (Å²) in [6.45, 7) is 3.84. The first-order valence-corrected chi connectivity index (χ1v) is 5.84. The topological polar surface area (TPSA) is 56.3 Å². The minimum Gasteiger partial charge on any atom is -0.394 e. The van der Waals surface area contributed by atoms with Gasteiger partial charge in [-0.15, -0.1) is 0 Å². The number of aromatic nitrogens is 2. The predicted octanol–water partition coefficient (Wildman–Crippen LogP) is 0.678. The molecule has 2 aliphatic rings. The van der Waals surface area contributed by atoms with Gasteiger partial charge in [0, 0.05) is 20.1 Å². The van der Waals surface area contributed by atoms with Gasteiger partial charge in [-0.05, 0) is 19.8 Å². The lowest BCUT2D eigenvalue weighted by Crippen LogP contribution is -2.43. The molecule has 2 atom stereocenters. The van der Waals surface area contributed by atoms with Gasteiger partial charge in [0.2, 0.25) is 0 Å². The summed E-state index contributed by atoms with van der Waals surface area (Å²) in [4.78, 5) is 2.32. The molecule has 0 aliphatic carbocycles. The van der Waals surface area contributed by atoms with E-state index < -0.39 is 0 Å². The Labute approximate surface area is 95.2 Å². The Bertz CT molecular complexity index is 402. The molecule has 0 spiro atoms. The van der Waals surface area contributed by atoms with Crippen LogP contribution in [0.1, 0.15) is 18.5 Å². The van der Waals surface area contributed by atoms with E-state index >= 15 is 0 Å². The van der Waals surface area contributed by atoms with Crippen LogP contribution < -0.4 is 10.6 Å². The van der Waals surface area contributed by atoms with Gasteiger partial charge in [0.1, 0.15) is 0 Å². The maximum Gasteiger partial charge on any atom is 0.150 e. The molecule has 0 amide bonds. The van der Waals surface area contributed by atoms with E-state index in [2.05, 4.69) is 10.00 Å². The number of nitrogens with two attached hydrogens (primary N) is 1. The van der Waals surface area contributed by atoms with Crippen molar-refractivity contribution in [1.29, 1.82) is 0 Å². The number of fused-ring (bicyclic) bond motifs is 2. The molecule has 1 aromatic heterocycles. The van der Waals surface area contributed by atoms with E-state index in [1.807, 2.05) is 18.7 Å². The Hall–Kier alpha value is -1.23. The summed E-state index contributed by atoms with van der Waals surface area (Å²) < 4.78 is 7.71. The van der Waals surface area contributed by atoms with E-state index in [9.17, 15) is 0 Å². The van der Waals surface area contributed by atoms with Crippen LogP contribution >= 0.6 is 0 Å². The third-order valence-corrected chi connectivity index (χ3v) is 3.58. The SMILES string of the molecule is Cc1nn(C)c(N2CC3CCC(C2)O3)c1N. The van der Waals surface area contributed by atoms with Crippen LogP contribution in [-0.4, -0.2) is 35.1 Å². The Morgan fingerprint density at radius 1 is 1.31 bits per heavy atom. The predicted molar refractivity (Wildman–Crippen MR) is 62.5 cm³/mol. The second-order valence-electron chi connectivity index (χ2n) is 4.81. The van der Waals surface area contributed by atoms with Crippen LogP contribution in [0.15, 0.2) is 0 Å². The van der Waals surface area contributed by atoms with Crippen LogP contribution in [0.5, 0.6) is 0 Å². The van der Waals surface area contributed by atoms with E-state index in [0.717, 1.165) is 30.3 Å². The van der Waals surface area contributed by atoms with Crippen molar-refractivity contribution in [2.45, 2.75) is 32.0 Å². The molecule has 0 saturated carbocycles. The highest BCUT2D eigenvalue weighted by Crippen LogP contribution is 2.33. The average Bonchev–Trinajstić information content (AvgIpc) is 2.69. The zero-order chi connectivity index (χ0) is 11.3. The summed E-state index contributed by atoms with van der Waals surface area (Å²) in [7, 11) is 1.95. The standard InChI is InChI=1S/C11H18N4O/c1-7-10(12)11(14(2)13-7)15-5-8-3-4-9(6-15)16-8/h8-9H,3-6,12H2,1-2H3. The molecular weight excluding hydrogens is 204 g/mol. The Morgan fingerprint density at radius 3 is 2.44 bits per heavy atom. The molecule has 3 rings (SSSR count). The number of aryl methyl sites for hydroxylation is 2. The first-order valence-electron chi connectivity index (χ1n) is 5.84. The fourth-order valence-electron chi connectivity index (χ4n) is 2.83. The maximum atomic E-state index is 6.08. The number of ether oxygens (including phenoxy) is 1. The minimum atomic E-state index is 0.383. The zero-order valence-electron chi connectivity index (χ0n) is 9.81. The Kier molecular flexibility index (Phi) is 2.10. The number of morpholine rings is 1. The molecule has 88 valence electrons. The maximum absolute atomic E-state index is 6.08. The normalized spacial score (nSPS) is 28.8. The number of hydrogen-bond donors (Lipinski definition) is 1. The molecule has 3 heterocycles. The zero-order valence-corrected chi connectivity index (χ0v) is 9.81. The second-order valence-corrected chi connectivity index (χ2v) is 4.81. The van der Waals surface area contributed by atoms with E-state index in [1.165, 1.54) is 12.8 Å². The van der Waals surface area contributed by atoms with Crippen LogP contribution in [0.25, 0.3) is 0 Å². The number of nitrogens with zero attached hydrogens (tertiary/aromatic N) is 3. The van der Waals surface area contributed by atoms with Crippen LogP contribution in [-0.2, 0) is 11.8 Å². The van der Waals surface area contributed by atoms with Crippen LogP contribution in [0.4, 0.5) is 11.5 Å². The molecule has 0 radical (unpaired) electrons. The van der Waals surface area contributed by atoms with Gasteiger partial charge in [-0.25, -0.2) is 0 Å². The minimum absolute atomic E-state index is 0.383. The van der Waals surface area contributed by atoms with Gasteiger partial charge >= 0.3 is 0 Å². The van der Waals surface area contributed by atoms with Crippen LogP contribution in [0.3, 0.4) is 0 Å². The summed E-state index contributed by atoms with van der Waals surface area (Å²) in [6.07, 6.45) is 3.12. The summed E-state index contributed by atoms with van der Waals surface area (Å²) in [5, 5.41) is 4.37. The molecule has 2 aliphatic heterocycles. The van der Waals surface area contributed by atoms with Gasteiger partial charge < -0.3 is 15.4 Å². The Morgan fingerprint density at radius 2 is 1.94 bits per heavy atom. The number of nitrogen functional groups attached to an aromatic ring is 1. The second kappa shape index (κ2) is 3.38. The lowest BCUT2D eigenvalue weighted by molar-refractivity contribution is 0.0300. The van der Waals surface area contributed by atoms with Crippen molar-refractivity contribution < 1.29 is 4.74 Å². The molecular formula is C11H18N4O.